The summed E-state index contributed by atoms with van der Waals surface area (Å²) in [7, 11) is 0. The summed E-state index contributed by atoms with van der Waals surface area (Å²) in [4.78, 5) is 2.21. The first-order valence-electron chi connectivity index (χ1n) is 4.70. The molecule has 1 radical (unpaired) electrons. The van der Waals surface area contributed by atoms with Gasteiger partial charge in [-0.1, -0.05) is 36.4 Å². The Morgan fingerprint density at radius 2 is 0.882 bits per heavy atom. The van der Waals surface area contributed by atoms with Gasteiger partial charge in [0, 0.05) is 28.7 Å². The molecule has 85 valence electrons. The molecule has 0 saturated heterocycles. The van der Waals surface area contributed by atoms with Gasteiger partial charge in [-0.2, -0.15) is 0 Å². The zero-order valence-electron chi connectivity index (χ0n) is 9.74. The van der Waals surface area contributed by atoms with Gasteiger partial charge >= 0.3 is 0 Å². The summed E-state index contributed by atoms with van der Waals surface area (Å²) >= 11 is 2.54. The van der Waals surface area contributed by atoms with E-state index in [1.807, 2.05) is 60.7 Å². The molecule has 0 aromatic heterocycles. The largest absolute Gasteiger partial charge is 0.274 e. The third-order valence-corrected chi connectivity index (χ3v) is 2.85. The number of nitrogens with two attached hydrogens (primary N) is 2. The predicted octanol–water partition coefficient (Wildman–Crippen LogP) is 2.92. The zero-order valence-corrected chi connectivity index (χ0v) is 11.4. The van der Waals surface area contributed by atoms with Crippen LogP contribution in [0, 0.1) is 0 Å². The van der Waals surface area contributed by atoms with E-state index in [1.54, 1.807) is 0 Å². The number of hydrogen-bond donors (Lipinski definition) is 2. The first kappa shape index (κ1) is 16.7. The van der Waals surface area contributed by atoms with E-state index >= 15 is 0 Å². The van der Waals surface area contributed by atoms with Crippen LogP contribution >= 0.6 is 23.9 Å². The van der Waals surface area contributed by atoms with Crippen LogP contribution in [0.15, 0.2) is 70.5 Å². The molecule has 2 aromatic rings. The minimum absolute atomic E-state index is 0. The molecular formula is C12H14LiN2S2. The van der Waals surface area contributed by atoms with Gasteiger partial charge in [-0.15, -0.1) is 0 Å². The van der Waals surface area contributed by atoms with Gasteiger partial charge < -0.3 is 0 Å². The molecule has 0 heterocycles. The third-order valence-electron chi connectivity index (χ3n) is 1.76. The molecule has 2 aromatic carbocycles. The summed E-state index contributed by atoms with van der Waals surface area (Å²) in [6, 6.07) is 19.7. The maximum Gasteiger partial charge on any atom is 0.0225 e. The van der Waals surface area contributed by atoms with Crippen LogP contribution < -0.4 is 10.3 Å². The van der Waals surface area contributed by atoms with Gasteiger partial charge in [0.15, 0.2) is 0 Å². The van der Waals surface area contributed by atoms with Gasteiger partial charge in [0.1, 0.15) is 0 Å². The summed E-state index contributed by atoms with van der Waals surface area (Å²) < 4.78 is 0. The summed E-state index contributed by atoms with van der Waals surface area (Å²) in [5.41, 5.74) is 0. The minimum atomic E-state index is 0. The Hall–Kier alpha value is -0.343. The van der Waals surface area contributed by atoms with Crippen molar-refractivity contribution < 1.29 is 0 Å². The fourth-order valence-corrected chi connectivity index (χ4v) is 1.63. The van der Waals surface area contributed by atoms with Crippen LogP contribution in [0.1, 0.15) is 0 Å². The quantitative estimate of drug-likeness (QED) is 0.641. The van der Waals surface area contributed by atoms with E-state index in [1.165, 1.54) is 23.9 Å². The van der Waals surface area contributed by atoms with E-state index < -0.39 is 0 Å². The summed E-state index contributed by atoms with van der Waals surface area (Å²) in [5.74, 6) is 0. The molecule has 0 aliphatic carbocycles. The second kappa shape index (κ2) is 10.8. The molecule has 0 saturated carbocycles. The Bertz CT molecular complexity index is 345. The Labute approximate surface area is 123 Å². The van der Waals surface area contributed by atoms with Crippen molar-refractivity contribution in [2.45, 2.75) is 9.79 Å². The van der Waals surface area contributed by atoms with E-state index in [2.05, 4.69) is 0 Å². The SMILES string of the molecule is NSc1ccccc1.NSc1ccccc1.[Li]. The molecule has 4 N–H and O–H groups in total. The average Bonchev–Trinajstić information content (AvgIpc) is 2.41. The fraction of sp³-hybridized carbons (Fsp3) is 0. The first-order chi connectivity index (χ1) is 7.86. The Morgan fingerprint density at radius 3 is 1.06 bits per heavy atom. The average molecular weight is 257 g/mol. The molecule has 2 nitrogen and oxygen atoms in total. The van der Waals surface area contributed by atoms with Crippen LogP contribution in [0.2, 0.25) is 0 Å². The molecule has 0 bridgehead atoms. The van der Waals surface area contributed by atoms with E-state index in [4.69, 9.17) is 10.3 Å². The standard InChI is InChI=1S/2C6H7NS.Li/c2*7-8-6-4-2-1-3-5-6;/h2*1-5H,7H2;. The third kappa shape index (κ3) is 7.56. The first-order valence-corrected chi connectivity index (χ1v) is 6.46. The normalized spacial score (nSPS) is 8.59. The molecule has 0 aliphatic heterocycles. The zero-order chi connectivity index (χ0) is 11.6. The Balaban J connectivity index is 0.000000284. The molecule has 5 heteroatoms. The summed E-state index contributed by atoms with van der Waals surface area (Å²) in [5, 5.41) is 10.5. The number of rotatable bonds is 2. The molecule has 2 rings (SSSR count). The smallest absolute Gasteiger partial charge is 0.0225 e. The summed E-state index contributed by atoms with van der Waals surface area (Å²) in [6.45, 7) is 0. The van der Waals surface area contributed by atoms with Gasteiger partial charge in [-0.05, 0) is 48.2 Å². The Kier molecular flexibility index (Phi) is 10.6. The van der Waals surface area contributed by atoms with Crippen LogP contribution in [0.5, 0.6) is 0 Å². The van der Waals surface area contributed by atoms with Gasteiger partial charge in [0.2, 0.25) is 0 Å². The van der Waals surface area contributed by atoms with Crippen LogP contribution in [0.4, 0.5) is 0 Å². The number of benzene rings is 2. The maximum atomic E-state index is 5.27. The van der Waals surface area contributed by atoms with Crippen molar-refractivity contribution in [3.05, 3.63) is 60.7 Å². The molecule has 0 amide bonds. The van der Waals surface area contributed by atoms with Crippen molar-refractivity contribution >= 4 is 42.8 Å². The maximum absolute atomic E-state index is 5.27. The van der Waals surface area contributed by atoms with Crippen molar-refractivity contribution in [2.75, 3.05) is 0 Å². The summed E-state index contributed by atoms with van der Waals surface area (Å²) in [6.07, 6.45) is 0. The monoisotopic (exact) mass is 257 g/mol. The molecule has 17 heavy (non-hydrogen) atoms. The van der Waals surface area contributed by atoms with Crippen LogP contribution in [-0.2, 0) is 0 Å². The van der Waals surface area contributed by atoms with Crippen LogP contribution in [0.25, 0.3) is 0 Å². The van der Waals surface area contributed by atoms with E-state index in [-0.39, 0.29) is 18.9 Å². The van der Waals surface area contributed by atoms with Crippen molar-refractivity contribution in [3.63, 3.8) is 0 Å². The minimum Gasteiger partial charge on any atom is -0.274 e. The predicted molar refractivity (Wildman–Crippen MR) is 78.7 cm³/mol. The second-order valence-corrected chi connectivity index (χ2v) is 4.28. The van der Waals surface area contributed by atoms with Crippen molar-refractivity contribution in [1.29, 1.82) is 0 Å². The van der Waals surface area contributed by atoms with Gasteiger partial charge in [0.25, 0.3) is 0 Å². The second-order valence-electron chi connectivity index (χ2n) is 2.86. The van der Waals surface area contributed by atoms with Crippen molar-refractivity contribution in [2.24, 2.45) is 10.3 Å². The molecule has 0 spiro atoms. The van der Waals surface area contributed by atoms with E-state index in [9.17, 15) is 0 Å². The van der Waals surface area contributed by atoms with Crippen LogP contribution in [0.3, 0.4) is 0 Å². The van der Waals surface area contributed by atoms with Crippen molar-refractivity contribution in [1.82, 2.24) is 0 Å². The number of hydrogen-bond acceptors (Lipinski definition) is 4. The molecule has 0 aliphatic rings. The fourth-order valence-electron chi connectivity index (χ4n) is 0.998. The van der Waals surface area contributed by atoms with Crippen LogP contribution in [-0.4, -0.2) is 18.9 Å². The molecule has 0 fully saturated rings. The molecule has 0 unspecified atom stereocenters. The van der Waals surface area contributed by atoms with E-state index in [0.29, 0.717) is 0 Å². The van der Waals surface area contributed by atoms with Gasteiger partial charge in [-0.3, -0.25) is 10.3 Å². The van der Waals surface area contributed by atoms with Crippen molar-refractivity contribution in [3.8, 4) is 0 Å². The van der Waals surface area contributed by atoms with Gasteiger partial charge in [-0.25, -0.2) is 0 Å². The van der Waals surface area contributed by atoms with E-state index in [0.717, 1.165) is 9.79 Å². The van der Waals surface area contributed by atoms with Gasteiger partial charge in [0.05, 0.1) is 0 Å². The Morgan fingerprint density at radius 1 is 0.588 bits per heavy atom. The molecule has 0 atom stereocenters. The molecular weight excluding hydrogens is 243 g/mol. The topological polar surface area (TPSA) is 52.0 Å².